The van der Waals surface area contributed by atoms with E-state index in [2.05, 4.69) is 97.0 Å². The average Bonchev–Trinajstić information content (AvgIpc) is 3.27. The molecule has 0 N–H and O–H groups in total. The highest BCUT2D eigenvalue weighted by Gasteiger charge is 2.12. The first-order valence-corrected chi connectivity index (χ1v) is 9.98. The minimum absolute atomic E-state index is 1.05. The summed E-state index contributed by atoms with van der Waals surface area (Å²) >= 11 is 0. The Morgan fingerprint density at radius 3 is 1.68 bits per heavy atom. The van der Waals surface area contributed by atoms with Gasteiger partial charge in [0.05, 0.1) is 0 Å². The van der Waals surface area contributed by atoms with Crippen molar-refractivity contribution in [1.82, 2.24) is 9.13 Å². The summed E-state index contributed by atoms with van der Waals surface area (Å²) in [6.45, 7) is 2.22. The number of hydrogen-bond acceptors (Lipinski definition) is 0. The first-order valence-electron chi connectivity index (χ1n) is 9.98. The van der Waals surface area contributed by atoms with E-state index in [4.69, 9.17) is 0 Å². The van der Waals surface area contributed by atoms with Crippen molar-refractivity contribution in [3.63, 3.8) is 0 Å². The molecule has 0 aliphatic rings. The number of rotatable bonds is 1. The molecule has 0 atom stereocenters. The molecule has 0 fully saturated rings. The first kappa shape index (κ1) is 15.8. The molecule has 0 amide bonds. The minimum Gasteiger partial charge on any atom is -0.351 e. The highest BCUT2D eigenvalue weighted by atomic mass is 14.9. The predicted molar refractivity (Wildman–Crippen MR) is 121 cm³/mol. The molecule has 2 heteroatoms. The molecule has 0 aliphatic carbocycles. The molecule has 0 unspecified atom stereocenters. The van der Waals surface area contributed by atoms with E-state index in [0.29, 0.717) is 0 Å². The van der Waals surface area contributed by atoms with E-state index < -0.39 is 0 Å². The monoisotopic (exact) mass is 362 g/mol. The second kappa shape index (κ2) is 5.39. The Kier molecular flexibility index (Phi) is 3.03. The van der Waals surface area contributed by atoms with Crippen molar-refractivity contribution in [2.24, 2.45) is 14.1 Å². The van der Waals surface area contributed by atoms with Gasteiger partial charge in [-0.2, -0.15) is 0 Å². The molecule has 6 rings (SSSR count). The fourth-order valence-corrected chi connectivity index (χ4v) is 5.01. The Morgan fingerprint density at radius 2 is 1.07 bits per heavy atom. The Bertz CT molecular complexity index is 1560. The summed E-state index contributed by atoms with van der Waals surface area (Å²) in [5.41, 5.74) is 3.98. The van der Waals surface area contributed by atoms with E-state index in [1.807, 2.05) is 0 Å². The SMILES string of the molecule is CCc1cc2c3ccc4c(ccc5c4ccc4c5ccn4C)c3ccc2n1C. The van der Waals surface area contributed by atoms with Gasteiger partial charge in [0.1, 0.15) is 0 Å². The summed E-state index contributed by atoms with van der Waals surface area (Å²) < 4.78 is 4.52. The van der Waals surface area contributed by atoms with Crippen LogP contribution in [-0.2, 0) is 20.5 Å². The maximum atomic E-state index is 2.36. The molecule has 0 aliphatic heterocycles. The van der Waals surface area contributed by atoms with Crippen molar-refractivity contribution < 1.29 is 0 Å². The number of fused-ring (bicyclic) bond motifs is 9. The fourth-order valence-electron chi connectivity index (χ4n) is 5.01. The van der Waals surface area contributed by atoms with Crippen molar-refractivity contribution in [3.05, 3.63) is 72.6 Å². The van der Waals surface area contributed by atoms with Crippen LogP contribution >= 0.6 is 0 Å². The lowest BCUT2D eigenvalue weighted by Gasteiger charge is -2.10. The predicted octanol–water partition coefficient (Wildman–Crippen LogP) is 6.69. The summed E-state index contributed by atoms with van der Waals surface area (Å²) in [5, 5.41) is 10.7. The van der Waals surface area contributed by atoms with Crippen LogP contribution in [0.5, 0.6) is 0 Å². The van der Waals surface area contributed by atoms with E-state index in [-0.39, 0.29) is 0 Å². The quantitative estimate of drug-likeness (QED) is 0.288. The van der Waals surface area contributed by atoms with Crippen LogP contribution in [0.1, 0.15) is 12.6 Å². The number of benzene rings is 4. The van der Waals surface area contributed by atoms with E-state index >= 15 is 0 Å². The van der Waals surface area contributed by atoms with Crippen LogP contribution in [0.3, 0.4) is 0 Å². The highest BCUT2D eigenvalue weighted by molar-refractivity contribution is 6.24. The molecule has 0 radical (unpaired) electrons. The fraction of sp³-hybridized carbons (Fsp3) is 0.154. The topological polar surface area (TPSA) is 9.86 Å². The Hall–Kier alpha value is -3.26. The van der Waals surface area contributed by atoms with Gasteiger partial charge in [-0.1, -0.05) is 43.3 Å². The number of aromatic nitrogens is 2. The third-order valence-corrected chi connectivity index (χ3v) is 6.54. The second-order valence-electron chi connectivity index (χ2n) is 7.89. The zero-order chi connectivity index (χ0) is 19.0. The van der Waals surface area contributed by atoms with Crippen LogP contribution in [0.2, 0.25) is 0 Å². The van der Waals surface area contributed by atoms with Gasteiger partial charge in [0.25, 0.3) is 0 Å². The average molecular weight is 362 g/mol. The summed E-state index contributed by atoms with van der Waals surface area (Å²) in [6, 6.07) is 22.9. The van der Waals surface area contributed by atoms with Crippen LogP contribution in [0.25, 0.3) is 54.1 Å². The van der Waals surface area contributed by atoms with Gasteiger partial charge in [0.15, 0.2) is 0 Å². The Balaban J connectivity index is 1.76. The van der Waals surface area contributed by atoms with Crippen molar-refractivity contribution >= 4 is 54.1 Å². The normalized spacial score (nSPS) is 12.2. The largest absolute Gasteiger partial charge is 0.351 e. The molecule has 2 aromatic heterocycles. The van der Waals surface area contributed by atoms with Gasteiger partial charge in [-0.25, -0.2) is 0 Å². The molecule has 0 bridgehead atoms. The minimum atomic E-state index is 1.05. The molecule has 2 nitrogen and oxygen atoms in total. The molecular formula is C26H22N2. The third-order valence-electron chi connectivity index (χ3n) is 6.54. The Labute approximate surface area is 163 Å². The van der Waals surface area contributed by atoms with Crippen molar-refractivity contribution in [2.75, 3.05) is 0 Å². The standard InChI is InChI=1S/C26H22N2/c1-4-16-15-24-22-8-6-17-18(20(22)10-12-26(24)28(16)3)5-7-21-19(17)9-11-25-23(21)13-14-27(25)2/h5-15H,4H2,1-3H3. The molecule has 6 aromatic rings. The van der Waals surface area contributed by atoms with Gasteiger partial charge < -0.3 is 9.13 Å². The number of aryl methyl sites for hydroxylation is 3. The van der Waals surface area contributed by atoms with E-state index in [1.54, 1.807) is 0 Å². The number of hydrogen-bond donors (Lipinski definition) is 0. The Morgan fingerprint density at radius 1 is 0.571 bits per heavy atom. The van der Waals surface area contributed by atoms with Gasteiger partial charge in [-0.15, -0.1) is 0 Å². The molecule has 4 aromatic carbocycles. The van der Waals surface area contributed by atoms with E-state index in [1.165, 1.54) is 59.8 Å². The zero-order valence-corrected chi connectivity index (χ0v) is 16.5. The van der Waals surface area contributed by atoms with Gasteiger partial charge in [-0.3, -0.25) is 0 Å². The molecule has 2 heterocycles. The molecule has 136 valence electrons. The molecule has 0 saturated heterocycles. The zero-order valence-electron chi connectivity index (χ0n) is 16.5. The lowest BCUT2D eigenvalue weighted by molar-refractivity contribution is 0.866. The molecule has 0 spiro atoms. The summed E-state index contributed by atoms with van der Waals surface area (Å²) in [5.74, 6) is 0. The smallest absolute Gasteiger partial charge is 0.0486 e. The molecule has 0 saturated carbocycles. The highest BCUT2D eigenvalue weighted by Crippen LogP contribution is 2.37. The maximum absolute atomic E-state index is 2.36. The van der Waals surface area contributed by atoms with Crippen LogP contribution in [0, 0.1) is 0 Å². The molecule has 28 heavy (non-hydrogen) atoms. The lowest BCUT2D eigenvalue weighted by Crippen LogP contribution is -1.93. The van der Waals surface area contributed by atoms with E-state index in [0.717, 1.165) is 6.42 Å². The first-order chi connectivity index (χ1) is 13.7. The van der Waals surface area contributed by atoms with Gasteiger partial charge in [0.2, 0.25) is 0 Å². The van der Waals surface area contributed by atoms with Crippen LogP contribution < -0.4 is 0 Å². The van der Waals surface area contributed by atoms with Crippen LogP contribution in [-0.4, -0.2) is 9.13 Å². The molecular weight excluding hydrogens is 340 g/mol. The van der Waals surface area contributed by atoms with E-state index in [9.17, 15) is 0 Å². The number of nitrogens with zero attached hydrogens (tertiary/aromatic N) is 2. The van der Waals surface area contributed by atoms with Gasteiger partial charge in [-0.05, 0) is 63.0 Å². The maximum Gasteiger partial charge on any atom is 0.0486 e. The summed E-state index contributed by atoms with van der Waals surface area (Å²) in [7, 11) is 4.28. The summed E-state index contributed by atoms with van der Waals surface area (Å²) in [4.78, 5) is 0. The van der Waals surface area contributed by atoms with Gasteiger partial charge in [0, 0.05) is 47.8 Å². The lowest BCUT2D eigenvalue weighted by atomic mass is 9.94. The van der Waals surface area contributed by atoms with Crippen LogP contribution in [0.15, 0.2) is 66.9 Å². The second-order valence-corrected chi connectivity index (χ2v) is 7.89. The van der Waals surface area contributed by atoms with Crippen molar-refractivity contribution in [1.29, 1.82) is 0 Å². The third kappa shape index (κ3) is 1.87. The van der Waals surface area contributed by atoms with Crippen LogP contribution in [0.4, 0.5) is 0 Å². The van der Waals surface area contributed by atoms with Crippen molar-refractivity contribution in [2.45, 2.75) is 13.3 Å². The van der Waals surface area contributed by atoms with Gasteiger partial charge >= 0.3 is 0 Å². The summed E-state index contributed by atoms with van der Waals surface area (Å²) in [6.07, 6.45) is 3.20. The van der Waals surface area contributed by atoms with Crippen molar-refractivity contribution in [3.8, 4) is 0 Å².